The van der Waals surface area contributed by atoms with Crippen LogP contribution in [0.2, 0.25) is 5.02 Å². The van der Waals surface area contributed by atoms with Crippen LogP contribution in [-0.4, -0.2) is 24.8 Å². The first-order valence-corrected chi connectivity index (χ1v) is 9.44. The number of rotatable bonds is 10. The lowest BCUT2D eigenvalue weighted by Gasteiger charge is -2.11. The first kappa shape index (κ1) is 20.8. The second kappa shape index (κ2) is 10.6. The Morgan fingerprint density at radius 3 is 2.48 bits per heavy atom. The van der Waals surface area contributed by atoms with Crippen molar-refractivity contribution in [3.8, 4) is 11.5 Å². The quantitative estimate of drug-likeness (QED) is 0.311. The van der Waals surface area contributed by atoms with Crippen molar-refractivity contribution >= 4 is 29.2 Å². The Morgan fingerprint density at radius 2 is 1.85 bits per heavy atom. The molecule has 0 saturated carbocycles. The minimum Gasteiger partial charge on any atom is -0.497 e. The Hall–Kier alpha value is -2.46. The van der Waals surface area contributed by atoms with Gasteiger partial charge in [0.1, 0.15) is 11.5 Å². The zero-order valence-electron chi connectivity index (χ0n) is 15.7. The van der Waals surface area contributed by atoms with Crippen LogP contribution in [0, 0.1) is 0 Å². The molecule has 0 saturated heterocycles. The van der Waals surface area contributed by atoms with Crippen molar-refractivity contribution in [3.05, 3.63) is 58.6 Å². The number of carboxylic acid groups (broad SMARTS) is 1. The molecule has 0 bridgehead atoms. The number of benzene rings is 2. The summed E-state index contributed by atoms with van der Waals surface area (Å²) >= 11 is 6.12. The monoisotopic (exact) mass is 388 g/mol. The van der Waals surface area contributed by atoms with Gasteiger partial charge in [0.2, 0.25) is 0 Å². The third-order valence-corrected chi connectivity index (χ3v) is 4.39. The van der Waals surface area contributed by atoms with E-state index in [-0.39, 0.29) is 5.57 Å². The summed E-state index contributed by atoms with van der Waals surface area (Å²) in [6, 6.07) is 12.1. The molecule has 0 spiro atoms. The van der Waals surface area contributed by atoms with Crippen LogP contribution < -0.4 is 9.47 Å². The van der Waals surface area contributed by atoms with E-state index in [0.29, 0.717) is 34.3 Å². The fraction of sp³-hybridized carbons (Fsp3) is 0.318. The van der Waals surface area contributed by atoms with Crippen molar-refractivity contribution in [1.29, 1.82) is 0 Å². The van der Waals surface area contributed by atoms with Crippen LogP contribution >= 0.6 is 11.6 Å². The Labute approximate surface area is 165 Å². The van der Waals surface area contributed by atoms with Gasteiger partial charge in [-0.3, -0.25) is 0 Å². The lowest BCUT2D eigenvalue weighted by molar-refractivity contribution is -0.130. The van der Waals surface area contributed by atoms with Gasteiger partial charge in [0.05, 0.1) is 19.3 Å². The van der Waals surface area contributed by atoms with Crippen molar-refractivity contribution in [1.82, 2.24) is 0 Å². The highest BCUT2D eigenvalue weighted by molar-refractivity contribution is 6.31. The number of unbranched alkanes of at least 4 members (excludes halogenated alkanes) is 3. The first-order chi connectivity index (χ1) is 13.0. The Bertz CT molecular complexity index is 781. The predicted octanol–water partition coefficient (Wildman–Crippen LogP) is 5.93. The highest BCUT2D eigenvalue weighted by Crippen LogP contribution is 2.29. The molecule has 0 aliphatic rings. The van der Waals surface area contributed by atoms with Gasteiger partial charge >= 0.3 is 5.97 Å². The minimum absolute atomic E-state index is 0.163. The highest BCUT2D eigenvalue weighted by Gasteiger charge is 2.13. The number of aliphatic carboxylic acids is 1. The summed E-state index contributed by atoms with van der Waals surface area (Å²) in [5.41, 5.74) is 1.39. The molecule has 0 aromatic heterocycles. The smallest absolute Gasteiger partial charge is 0.336 e. The molecule has 0 aliphatic heterocycles. The lowest BCUT2D eigenvalue weighted by atomic mass is 10.0. The molecular formula is C22H25ClO4. The van der Waals surface area contributed by atoms with Gasteiger partial charge in [-0.25, -0.2) is 4.79 Å². The molecule has 0 fully saturated rings. The second-order valence-electron chi connectivity index (χ2n) is 6.18. The molecule has 2 aromatic carbocycles. The lowest BCUT2D eigenvalue weighted by Crippen LogP contribution is -2.02. The van der Waals surface area contributed by atoms with E-state index in [4.69, 9.17) is 21.1 Å². The van der Waals surface area contributed by atoms with Crippen molar-refractivity contribution in [2.24, 2.45) is 0 Å². The van der Waals surface area contributed by atoms with E-state index in [9.17, 15) is 9.90 Å². The van der Waals surface area contributed by atoms with E-state index < -0.39 is 5.97 Å². The van der Waals surface area contributed by atoms with Gasteiger partial charge in [-0.05, 0) is 48.4 Å². The third-order valence-electron chi connectivity index (χ3n) is 4.16. The molecule has 1 N–H and O–H groups in total. The van der Waals surface area contributed by atoms with Crippen molar-refractivity contribution in [3.63, 3.8) is 0 Å². The average molecular weight is 389 g/mol. The van der Waals surface area contributed by atoms with Crippen LogP contribution in [0.1, 0.15) is 43.7 Å². The largest absolute Gasteiger partial charge is 0.497 e. The van der Waals surface area contributed by atoms with Gasteiger partial charge in [0.25, 0.3) is 0 Å². The number of ether oxygens (including phenoxy) is 2. The number of carboxylic acids is 1. The number of methoxy groups -OCH3 is 1. The maximum absolute atomic E-state index is 11.8. The topological polar surface area (TPSA) is 55.8 Å². The minimum atomic E-state index is -1.02. The Balaban J connectivity index is 2.29. The zero-order valence-corrected chi connectivity index (χ0v) is 16.5. The zero-order chi connectivity index (χ0) is 19.6. The van der Waals surface area contributed by atoms with Crippen LogP contribution in [-0.2, 0) is 4.79 Å². The summed E-state index contributed by atoms with van der Waals surface area (Å²) in [7, 11) is 1.57. The van der Waals surface area contributed by atoms with E-state index in [1.807, 2.05) is 0 Å². The molecule has 0 unspecified atom stereocenters. The van der Waals surface area contributed by atoms with Gasteiger partial charge in [0.15, 0.2) is 0 Å². The van der Waals surface area contributed by atoms with Crippen molar-refractivity contribution < 1.29 is 19.4 Å². The van der Waals surface area contributed by atoms with Gasteiger partial charge in [0, 0.05) is 10.6 Å². The molecule has 2 rings (SSSR count). The van der Waals surface area contributed by atoms with Gasteiger partial charge in [-0.1, -0.05) is 49.9 Å². The SMILES string of the molecule is CCCCCCOc1ccc(Cl)cc1/C=C(\C(=O)O)c1ccc(OC)cc1. The van der Waals surface area contributed by atoms with Crippen molar-refractivity contribution in [2.75, 3.05) is 13.7 Å². The summed E-state index contributed by atoms with van der Waals surface area (Å²) in [4.78, 5) is 11.8. The third kappa shape index (κ3) is 6.33. The van der Waals surface area contributed by atoms with E-state index in [1.54, 1.807) is 55.7 Å². The molecule has 0 amide bonds. The number of hydrogen-bond donors (Lipinski definition) is 1. The first-order valence-electron chi connectivity index (χ1n) is 9.07. The van der Waals surface area contributed by atoms with E-state index in [0.717, 1.165) is 12.8 Å². The van der Waals surface area contributed by atoms with E-state index in [1.165, 1.54) is 12.8 Å². The second-order valence-corrected chi connectivity index (χ2v) is 6.62. The summed E-state index contributed by atoms with van der Waals surface area (Å²) in [6.07, 6.45) is 6.01. The number of halogens is 1. The molecule has 0 heterocycles. The molecule has 2 aromatic rings. The fourth-order valence-electron chi connectivity index (χ4n) is 2.67. The molecule has 4 nitrogen and oxygen atoms in total. The van der Waals surface area contributed by atoms with Crippen LogP contribution in [0.15, 0.2) is 42.5 Å². The van der Waals surface area contributed by atoms with Crippen LogP contribution in [0.4, 0.5) is 0 Å². The van der Waals surface area contributed by atoms with Crippen molar-refractivity contribution in [2.45, 2.75) is 32.6 Å². The summed E-state index contributed by atoms with van der Waals surface area (Å²) in [5.74, 6) is 0.277. The Morgan fingerprint density at radius 1 is 1.11 bits per heavy atom. The number of hydrogen-bond acceptors (Lipinski definition) is 3. The maximum atomic E-state index is 11.8. The van der Waals surface area contributed by atoms with Gasteiger partial charge < -0.3 is 14.6 Å². The normalized spacial score (nSPS) is 11.3. The van der Waals surface area contributed by atoms with E-state index >= 15 is 0 Å². The average Bonchev–Trinajstić information content (AvgIpc) is 2.67. The maximum Gasteiger partial charge on any atom is 0.336 e. The Kier molecular flexibility index (Phi) is 8.21. The van der Waals surface area contributed by atoms with Crippen LogP contribution in [0.3, 0.4) is 0 Å². The predicted molar refractivity (Wildman–Crippen MR) is 110 cm³/mol. The molecule has 27 heavy (non-hydrogen) atoms. The standard InChI is InChI=1S/C22H25ClO4/c1-3-4-5-6-13-27-21-12-9-18(23)14-17(21)15-20(22(24)25)16-7-10-19(26-2)11-8-16/h7-12,14-15H,3-6,13H2,1-2H3,(H,24,25)/b20-15-. The fourth-order valence-corrected chi connectivity index (χ4v) is 2.85. The molecule has 144 valence electrons. The van der Waals surface area contributed by atoms with E-state index in [2.05, 4.69) is 6.92 Å². The molecule has 0 aliphatic carbocycles. The molecular weight excluding hydrogens is 364 g/mol. The number of carbonyl (C=O) groups is 1. The summed E-state index contributed by atoms with van der Waals surface area (Å²) in [6.45, 7) is 2.75. The summed E-state index contributed by atoms with van der Waals surface area (Å²) in [5, 5.41) is 10.2. The van der Waals surface area contributed by atoms with Gasteiger partial charge in [-0.2, -0.15) is 0 Å². The summed E-state index contributed by atoms with van der Waals surface area (Å²) < 4.78 is 11.0. The van der Waals surface area contributed by atoms with Crippen LogP contribution in [0.5, 0.6) is 11.5 Å². The molecule has 0 radical (unpaired) electrons. The van der Waals surface area contributed by atoms with Crippen LogP contribution in [0.25, 0.3) is 11.6 Å². The van der Waals surface area contributed by atoms with Gasteiger partial charge in [-0.15, -0.1) is 0 Å². The molecule has 0 atom stereocenters. The molecule has 5 heteroatoms. The highest BCUT2D eigenvalue weighted by atomic mass is 35.5.